The molecule has 0 N–H and O–H groups in total. The quantitative estimate of drug-likeness (QED) is 0.586. The van der Waals surface area contributed by atoms with Gasteiger partial charge in [-0.15, -0.1) is 8.85 Å². The van der Waals surface area contributed by atoms with Crippen LogP contribution in [-0.4, -0.2) is 20.5 Å². The number of thiocarbonyl (C=S) groups is 1. The lowest BCUT2D eigenvalue weighted by Gasteiger charge is -1.98. The van der Waals surface area contributed by atoms with E-state index >= 15 is 0 Å². The predicted molar refractivity (Wildman–Crippen MR) is 71.2 cm³/mol. The summed E-state index contributed by atoms with van der Waals surface area (Å²) in [4.78, 5) is 8.50. The molecule has 0 aliphatic rings. The molecule has 0 aliphatic heterocycles. The Labute approximate surface area is 107 Å². The van der Waals surface area contributed by atoms with E-state index in [1.807, 2.05) is 0 Å². The Balaban J connectivity index is 0.000000386. The highest BCUT2D eigenvalue weighted by atomic mass is 32.1. The molecule has 0 unspecified atom stereocenters. The molecule has 16 heavy (non-hydrogen) atoms. The zero-order valence-electron chi connectivity index (χ0n) is 8.67. The normalized spacial score (nSPS) is 8.25. The Hall–Kier alpha value is -1.23. The molecule has 0 bridgehead atoms. The van der Waals surface area contributed by atoms with Crippen LogP contribution in [0.4, 0.5) is 0 Å². The molecular weight excluding hydrogens is 231 g/mol. The average molecular weight is 241 g/mol. The van der Waals surface area contributed by atoms with Gasteiger partial charge in [-0.25, -0.2) is 4.79 Å². The lowest BCUT2D eigenvalue weighted by molar-refractivity contribution is 0.572. The van der Waals surface area contributed by atoms with Gasteiger partial charge < -0.3 is 0 Å². The maximum Gasteiger partial charge on any atom is 0.298 e. The fourth-order valence-electron chi connectivity index (χ4n) is 1.29. The zero-order chi connectivity index (χ0) is 11.6. The molecule has 0 saturated heterocycles. The number of hydrogen-bond donors (Lipinski definition) is 0. The Bertz CT molecular complexity index is 399. The summed E-state index contributed by atoms with van der Waals surface area (Å²) in [6.45, 7) is 0. The highest BCUT2D eigenvalue weighted by molar-refractivity contribution is 7.78. The second-order valence-electron chi connectivity index (χ2n) is 3.05. The summed E-state index contributed by atoms with van der Waals surface area (Å²) in [5.41, 5.74) is 0. The van der Waals surface area contributed by atoms with Crippen molar-refractivity contribution in [1.29, 1.82) is 0 Å². The molecule has 77 valence electrons. The third kappa shape index (κ3) is 5.02. The molecule has 2 rings (SSSR count). The van der Waals surface area contributed by atoms with Gasteiger partial charge in [0.1, 0.15) is 0 Å². The molecule has 0 aliphatic carbocycles. The van der Waals surface area contributed by atoms with Crippen LogP contribution in [0.3, 0.4) is 0 Å². The summed E-state index contributed by atoms with van der Waals surface area (Å²) in [5.74, 6) is 0. The van der Waals surface area contributed by atoms with Gasteiger partial charge in [-0.3, -0.25) is 0 Å². The van der Waals surface area contributed by atoms with Crippen LogP contribution in [0.15, 0.2) is 60.7 Å². The molecule has 0 aromatic heterocycles. The smallest absolute Gasteiger partial charge is 0.220 e. The summed E-state index contributed by atoms with van der Waals surface area (Å²) in [6.07, 6.45) is 0. The first-order valence-electron chi connectivity index (χ1n) is 4.81. The molecular formula is C13H10AlOS. The first kappa shape index (κ1) is 12.8. The third-order valence-corrected chi connectivity index (χ3v) is 3.37. The van der Waals surface area contributed by atoms with Gasteiger partial charge in [0.2, 0.25) is 5.23 Å². The first-order valence-corrected chi connectivity index (χ1v) is 6.37. The van der Waals surface area contributed by atoms with Gasteiger partial charge in [-0.2, -0.15) is 0 Å². The number of rotatable bonds is 2. The van der Waals surface area contributed by atoms with Crippen molar-refractivity contribution in [2.45, 2.75) is 0 Å². The van der Waals surface area contributed by atoms with Crippen LogP contribution < -0.4 is 8.85 Å². The molecule has 1 radical (unpaired) electrons. The summed E-state index contributed by atoms with van der Waals surface area (Å²) in [6, 6.07) is 21.3. The van der Waals surface area contributed by atoms with Crippen molar-refractivity contribution in [2.75, 3.05) is 0 Å². The Morgan fingerprint density at radius 2 is 1.12 bits per heavy atom. The van der Waals surface area contributed by atoms with E-state index < -0.39 is 0 Å². The maximum atomic E-state index is 8.50. The molecule has 0 heterocycles. The van der Waals surface area contributed by atoms with Crippen LogP contribution in [0, 0.1) is 0 Å². The highest BCUT2D eigenvalue weighted by Gasteiger charge is 1.96. The molecule has 0 amide bonds. The third-order valence-electron chi connectivity index (χ3n) is 1.93. The highest BCUT2D eigenvalue weighted by Crippen LogP contribution is 1.84. The van der Waals surface area contributed by atoms with Gasteiger partial charge in [0, 0.05) is 12.2 Å². The molecule has 1 nitrogen and oxygen atoms in total. The summed E-state index contributed by atoms with van der Waals surface area (Å²) in [5, 5.41) is 1.08. The molecule has 2 aromatic rings. The van der Waals surface area contributed by atoms with Crippen molar-refractivity contribution in [1.82, 2.24) is 0 Å². The van der Waals surface area contributed by atoms with Crippen LogP contribution in [-0.2, 0) is 4.79 Å². The van der Waals surface area contributed by atoms with Crippen molar-refractivity contribution in [3.8, 4) is 0 Å². The van der Waals surface area contributed by atoms with Crippen molar-refractivity contribution in [3.63, 3.8) is 0 Å². The van der Waals surface area contributed by atoms with Crippen molar-refractivity contribution in [2.24, 2.45) is 0 Å². The standard InChI is InChI=1S/2C6H5.COS.Al/c2*1-2-4-6-5-3-1;2-1-3;/h2*1-5H;;. The minimum Gasteiger partial charge on any atom is -0.220 e. The summed E-state index contributed by atoms with van der Waals surface area (Å²) in [7, 11) is 0. The van der Waals surface area contributed by atoms with Crippen molar-refractivity contribution in [3.05, 3.63) is 60.7 Å². The monoisotopic (exact) mass is 241 g/mol. The van der Waals surface area contributed by atoms with Gasteiger partial charge in [-0.1, -0.05) is 60.7 Å². The maximum absolute atomic E-state index is 8.50. The second-order valence-corrected chi connectivity index (χ2v) is 4.84. The van der Waals surface area contributed by atoms with Gasteiger partial charge in [0.15, 0.2) is 0 Å². The Morgan fingerprint density at radius 3 is 1.44 bits per heavy atom. The van der Waals surface area contributed by atoms with Gasteiger partial charge in [-0.05, 0) is 0 Å². The minimum absolute atomic E-state index is 0.271. The predicted octanol–water partition coefficient (Wildman–Crippen LogP) is 1.59. The van der Waals surface area contributed by atoms with Gasteiger partial charge in [0.05, 0.1) is 0 Å². The Morgan fingerprint density at radius 1 is 0.812 bits per heavy atom. The number of hydrogen-bond acceptors (Lipinski definition) is 2. The van der Waals surface area contributed by atoms with Crippen molar-refractivity contribution >= 4 is 41.5 Å². The van der Waals surface area contributed by atoms with E-state index in [-0.39, 0.29) is 15.2 Å². The zero-order valence-corrected chi connectivity index (χ0v) is 10.6. The Kier molecular flexibility index (Phi) is 6.41. The molecule has 3 heteroatoms. The van der Waals surface area contributed by atoms with Crippen molar-refractivity contribution < 1.29 is 4.79 Å². The average Bonchev–Trinajstić information content (AvgIpc) is 2.33. The van der Waals surface area contributed by atoms with E-state index in [1.54, 1.807) is 0 Å². The fraction of sp³-hybridized carbons (Fsp3) is 0. The van der Waals surface area contributed by atoms with Crippen LogP contribution in [0.5, 0.6) is 0 Å². The van der Waals surface area contributed by atoms with E-state index in [4.69, 9.17) is 4.79 Å². The van der Waals surface area contributed by atoms with Crippen LogP contribution >= 0.6 is 12.2 Å². The van der Waals surface area contributed by atoms with E-state index in [2.05, 4.69) is 72.9 Å². The lowest BCUT2D eigenvalue weighted by atomic mass is 10.4. The topological polar surface area (TPSA) is 17.1 Å². The molecule has 0 saturated carbocycles. The summed E-state index contributed by atoms with van der Waals surface area (Å²) >= 11 is 3.86. The largest absolute Gasteiger partial charge is 0.298 e. The van der Waals surface area contributed by atoms with Crippen LogP contribution in [0.2, 0.25) is 0 Å². The molecule has 0 spiro atoms. The van der Waals surface area contributed by atoms with Gasteiger partial charge >= 0.3 is 0 Å². The lowest BCUT2D eigenvalue weighted by Crippen LogP contribution is -2.26. The first-order chi connectivity index (χ1) is 7.86. The minimum atomic E-state index is 0.271. The van der Waals surface area contributed by atoms with Gasteiger partial charge in [0.25, 0.3) is 15.2 Å². The number of carbonyl (C=O) groups excluding carboxylic acids is 1. The fourth-order valence-corrected chi connectivity index (χ4v) is 2.51. The second kappa shape index (κ2) is 7.99. The summed E-state index contributed by atoms with van der Waals surface area (Å²) < 4.78 is 2.90. The molecule has 0 atom stereocenters. The molecule has 2 aromatic carbocycles. The SMILES string of the molecule is O=C=S.c1cc[c]([Al][c]2ccccc2)cc1. The van der Waals surface area contributed by atoms with E-state index in [0.29, 0.717) is 0 Å². The van der Waals surface area contributed by atoms with E-state index in [9.17, 15) is 0 Å². The van der Waals surface area contributed by atoms with Crippen LogP contribution in [0.25, 0.3) is 0 Å². The van der Waals surface area contributed by atoms with E-state index in [0.717, 1.165) is 5.23 Å². The number of benzene rings is 2. The molecule has 0 fully saturated rings. The van der Waals surface area contributed by atoms with E-state index in [1.165, 1.54) is 8.85 Å². The van der Waals surface area contributed by atoms with Crippen LogP contribution in [0.1, 0.15) is 0 Å².